The van der Waals surface area contributed by atoms with Crippen LogP contribution in [0.4, 0.5) is 19.4 Å². The molecule has 3 rings (SSSR count). The lowest BCUT2D eigenvalue weighted by Crippen LogP contribution is -2.53. The minimum atomic E-state index is -0.981. The summed E-state index contributed by atoms with van der Waals surface area (Å²) in [7, 11) is 0. The standard InChI is InChI=1S/C18H22F2N4O3/c1-18(2,3)27-17(25)24-4-5-26-10-11(24)8-22-16-9-21-14-6-12(19)13(20)7-15(14)23-16/h6-7,9,11H,4-5,8,10H2,1-3H3,(H,22,23). The smallest absolute Gasteiger partial charge is 0.410 e. The van der Waals surface area contributed by atoms with Gasteiger partial charge in [0.2, 0.25) is 0 Å². The van der Waals surface area contributed by atoms with Crippen LogP contribution in [-0.4, -0.2) is 58.9 Å². The molecule has 1 aliphatic rings. The second kappa shape index (κ2) is 7.59. The highest BCUT2D eigenvalue weighted by Crippen LogP contribution is 2.18. The summed E-state index contributed by atoms with van der Waals surface area (Å²) in [6, 6.07) is 1.75. The maximum atomic E-state index is 13.4. The van der Waals surface area contributed by atoms with Gasteiger partial charge in [-0.05, 0) is 20.8 Å². The molecule has 1 fully saturated rings. The molecule has 0 radical (unpaired) electrons. The number of anilines is 1. The Balaban J connectivity index is 1.69. The fourth-order valence-electron chi connectivity index (χ4n) is 2.70. The molecular formula is C18H22F2N4O3. The molecular weight excluding hydrogens is 358 g/mol. The molecule has 1 unspecified atom stereocenters. The van der Waals surface area contributed by atoms with Gasteiger partial charge < -0.3 is 14.8 Å². The predicted molar refractivity (Wildman–Crippen MR) is 95.5 cm³/mol. The largest absolute Gasteiger partial charge is 0.444 e. The number of ether oxygens (including phenoxy) is 2. The minimum Gasteiger partial charge on any atom is -0.444 e. The number of benzene rings is 1. The summed E-state index contributed by atoms with van der Waals surface area (Å²) in [5.74, 6) is -1.56. The molecule has 9 heteroatoms. The molecule has 1 aliphatic heterocycles. The highest BCUT2D eigenvalue weighted by atomic mass is 19.2. The average molecular weight is 380 g/mol. The van der Waals surface area contributed by atoms with E-state index in [-0.39, 0.29) is 17.1 Å². The maximum absolute atomic E-state index is 13.4. The van der Waals surface area contributed by atoms with E-state index < -0.39 is 23.3 Å². The fraction of sp³-hybridized carbons (Fsp3) is 0.500. The van der Waals surface area contributed by atoms with Crippen molar-refractivity contribution in [3.63, 3.8) is 0 Å². The second-order valence-electron chi connectivity index (χ2n) is 7.29. The zero-order valence-electron chi connectivity index (χ0n) is 15.5. The molecule has 0 bridgehead atoms. The molecule has 1 N–H and O–H groups in total. The third-order valence-corrected chi connectivity index (χ3v) is 3.96. The van der Waals surface area contributed by atoms with Gasteiger partial charge in [0.15, 0.2) is 11.6 Å². The number of nitrogens with zero attached hydrogens (tertiary/aromatic N) is 3. The Morgan fingerprint density at radius 3 is 2.74 bits per heavy atom. The van der Waals surface area contributed by atoms with Crippen molar-refractivity contribution in [3.05, 3.63) is 30.0 Å². The van der Waals surface area contributed by atoms with Crippen molar-refractivity contribution in [1.82, 2.24) is 14.9 Å². The molecule has 0 spiro atoms. The van der Waals surface area contributed by atoms with Gasteiger partial charge in [-0.15, -0.1) is 0 Å². The summed E-state index contributed by atoms with van der Waals surface area (Å²) in [6.07, 6.45) is 1.03. The van der Waals surface area contributed by atoms with Crippen molar-refractivity contribution in [2.75, 3.05) is 31.6 Å². The molecule has 27 heavy (non-hydrogen) atoms. The molecule has 1 amide bonds. The highest BCUT2D eigenvalue weighted by molar-refractivity contribution is 5.75. The number of nitrogens with one attached hydrogen (secondary N) is 1. The Labute approximate surface area is 155 Å². The zero-order chi connectivity index (χ0) is 19.6. The molecule has 0 saturated carbocycles. The summed E-state index contributed by atoms with van der Waals surface area (Å²) >= 11 is 0. The van der Waals surface area contributed by atoms with E-state index in [0.717, 1.165) is 12.1 Å². The first-order valence-electron chi connectivity index (χ1n) is 8.66. The molecule has 2 heterocycles. The molecule has 1 atom stereocenters. The number of rotatable bonds is 3. The van der Waals surface area contributed by atoms with Gasteiger partial charge in [0.25, 0.3) is 0 Å². The number of amides is 1. The molecule has 146 valence electrons. The van der Waals surface area contributed by atoms with Gasteiger partial charge in [0.1, 0.15) is 11.4 Å². The SMILES string of the molecule is CC(C)(C)OC(=O)N1CCOCC1CNc1cnc2cc(F)c(F)cc2n1. The Morgan fingerprint density at radius 1 is 1.33 bits per heavy atom. The van der Waals surface area contributed by atoms with Crippen LogP contribution in [0.1, 0.15) is 20.8 Å². The number of carbonyl (C=O) groups excluding carboxylic acids is 1. The van der Waals surface area contributed by atoms with E-state index in [2.05, 4.69) is 15.3 Å². The van der Waals surface area contributed by atoms with Crippen LogP contribution in [0.2, 0.25) is 0 Å². The van der Waals surface area contributed by atoms with Crippen molar-refractivity contribution in [3.8, 4) is 0 Å². The zero-order valence-corrected chi connectivity index (χ0v) is 15.5. The van der Waals surface area contributed by atoms with Crippen LogP contribution < -0.4 is 5.32 Å². The lowest BCUT2D eigenvalue weighted by molar-refractivity contribution is -0.0291. The lowest BCUT2D eigenvalue weighted by atomic mass is 10.2. The first-order chi connectivity index (χ1) is 12.7. The maximum Gasteiger partial charge on any atom is 0.410 e. The number of morpholine rings is 1. The van der Waals surface area contributed by atoms with E-state index in [1.54, 1.807) is 4.90 Å². The Hall–Kier alpha value is -2.55. The number of carbonyl (C=O) groups is 1. The van der Waals surface area contributed by atoms with Crippen LogP contribution in [0.15, 0.2) is 18.3 Å². The Bertz CT molecular complexity index is 841. The van der Waals surface area contributed by atoms with Gasteiger partial charge in [-0.3, -0.25) is 9.88 Å². The van der Waals surface area contributed by atoms with Gasteiger partial charge in [-0.1, -0.05) is 0 Å². The van der Waals surface area contributed by atoms with Crippen LogP contribution >= 0.6 is 0 Å². The summed E-state index contributed by atoms with van der Waals surface area (Å²) in [5.41, 5.74) is -0.0880. The first-order valence-corrected chi connectivity index (χ1v) is 8.66. The van der Waals surface area contributed by atoms with E-state index in [1.807, 2.05) is 20.8 Å². The van der Waals surface area contributed by atoms with Crippen LogP contribution in [0.3, 0.4) is 0 Å². The quantitative estimate of drug-likeness (QED) is 0.882. The van der Waals surface area contributed by atoms with Crippen molar-refractivity contribution in [2.24, 2.45) is 0 Å². The van der Waals surface area contributed by atoms with Crippen molar-refractivity contribution in [1.29, 1.82) is 0 Å². The van der Waals surface area contributed by atoms with Crippen LogP contribution in [0.5, 0.6) is 0 Å². The summed E-state index contributed by atoms with van der Waals surface area (Å²) in [4.78, 5) is 22.3. The first kappa shape index (κ1) is 19.2. The van der Waals surface area contributed by atoms with Crippen LogP contribution in [0, 0.1) is 11.6 Å². The predicted octanol–water partition coefficient (Wildman–Crippen LogP) is 2.96. The third kappa shape index (κ3) is 4.79. The van der Waals surface area contributed by atoms with E-state index in [1.165, 1.54) is 6.20 Å². The summed E-state index contributed by atoms with van der Waals surface area (Å²) < 4.78 is 37.6. The molecule has 7 nitrogen and oxygen atoms in total. The fourth-order valence-corrected chi connectivity index (χ4v) is 2.70. The Kier molecular flexibility index (Phi) is 5.41. The van der Waals surface area contributed by atoms with E-state index in [0.29, 0.717) is 32.1 Å². The van der Waals surface area contributed by atoms with Crippen LogP contribution in [0.25, 0.3) is 11.0 Å². The van der Waals surface area contributed by atoms with Crippen LogP contribution in [-0.2, 0) is 9.47 Å². The molecule has 1 saturated heterocycles. The second-order valence-corrected chi connectivity index (χ2v) is 7.29. The Morgan fingerprint density at radius 2 is 2.04 bits per heavy atom. The molecule has 1 aromatic carbocycles. The normalized spacial score (nSPS) is 17.8. The molecule has 2 aromatic rings. The average Bonchev–Trinajstić information content (AvgIpc) is 2.60. The molecule has 0 aliphatic carbocycles. The number of hydrogen-bond acceptors (Lipinski definition) is 6. The van der Waals surface area contributed by atoms with E-state index >= 15 is 0 Å². The molecule has 1 aromatic heterocycles. The van der Waals surface area contributed by atoms with Gasteiger partial charge >= 0.3 is 6.09 Å². The monoisotopic (exact) mass is 380 g/mol. The van der Waals surface area contributed by atoms with Crippen molar-refractivity contribution in [2.45, 2.75) is 32.4 Å². The topological polar surface area (TPSA) is 76.6 Å². The highest BCUT2D eigenvalue weighted by Gasteiger charge is 2.31. The summed E-state index contributed by atoms with van der Waals surface area (Å²) in [6.45, 7) is 7.00. The minimum absolute atomic E-state index is 0.239. The summed E-state index contributed by atoms with van der Waals surface area (Å²) in [5, 5.41) is 3.07. The van der Waals surface area contributed by atoms with Crippen molar-refractivity contribution < 1.29 is 23.0 Å². The van der Waals surface area contributed by atoms with Gasteiger partial charge in [0.05, 0.1) is 36.5 Å². The number of halogens is 2. The van der Waals surface area contributed by atoms with E-state index in [4.69, 9.17) is 9.47 Å². The van der Waals surface area contributed by atoms with Gasteiger partial charge in [-0.2, -0.15) is 0 Å². The lowest BCUT2D eigenvalue weighted by Gasteiger charge is -2.36. The number of fused-ring (bicyclic) bond motifs is 1. The third-order valence-electron chi connectivity index (χ3n) is 3.96. The van der Waals surface area contributed by atoms with E-state index in [9.17, 15) is 13.6 Å². The number of hydrogen-bond donors (Lipinski definition) is 1. The van der Waals surface area contributed by atoms with Crippen molar-refractivity contribution >= 4 is 22.9 Å². The number of aromatic nitrogens is 2. The van der Waals surface area contributed by atoms with Gasteiger partial charge in [-0.25, -0.2) is 18.6 Å². The van der Waals surface area contributed by atoms with Gasteiger partial charge in [0, 0.05) is 25.2 Å².